The molecule has 2 amide bonds. The van der Waals surface area contributed by atoms with Crippen LogP contribution in [-0.4, -0.2) is 36.1 Å². The highest BCUT2D eigenvalue weighted by Crippen LogP contribution is 1.97. The minimum atomic E-state index is -0.608. The van der Waals surface area contributed by atoms with E-state index in [1.54, 1.807) is 20.8 Å². The molecular weight excluding hydrogens is 172 g/mol. The summed E-state index contributed by atoms with van der Waals surface area (Å²) >= 11 is 0. The first kappa shape index (κ1) is 11.7. The van der Waals surface area contributed by atoms with Crippen molar-refractivity contribution in [2.75, 3.05) is 13.2 Å². The molecule has 0 aromatic carbocycles. The van der Waals surface area contributed by atoms with Gasteiger partial charge in [-0.1, -0.05) is 0 Å². The molecule has 13 heavy (non-hydrogen) atoms. The maximum Gasteiger partial charge on any atom is 0.325 e. The number of nitrogens with two attached hydrogens (primary N) is 1. The van der Waals surface area contributed by atoms with E-state index < -0.39 is 12.0 Å². The van der Waals surface area contributed by atoms with Gasteiger partial charge in [0.2, 0.25) is 0 Å². The molecule has 0 unspecified atom stereocenters. The Morgan fingerprint density at radius 3 is 2.31 bits per heavy atom. The molecule has 0 saturated carbocycles. The van der Waals surface area contributed by atoms with Gasteiger partial charge in [0, 0.05) is 6.04 Å². The fourth-order valence-electron chi connectivity index (χ4n) is 0.861. The first-order valence-corrected chi connectivity index (χ1v) is 4.20. The van der Waals surface area contributed by atoms with Gasteiger partial charge in [0.1, 0.15) is 6.54 Å². The molecule has 5 nitrogen and oxygen atoms in total. The lowest BCUT2D eigenvalue weighted by Crippen LogP contribution is -2.44. The summed E-state index contributed by atoms with van der Waals surface area (Å²) in [6, 6.07) is -0.704. The number of carbonyl (C=O) groups is 2. The molecule has 0 aromatic heterocycles. The lowest BCUT2D eigenvalue weighted by atomic mass is 10.3. The summed E-state index contributed by atoms with van der Waals surface area (Å²) in [7, 11) is 0. The molecule has 0 radical (unpaired) electrons. The maximum atomic E-state index is 11.0. The van der Waals surface area contributed by atoms with E-state index in [0.29, 0.717) is 6.61 Å². The predicted molar refractivity (Wildman–Crippen MR) is 48.1 cm³/mol. The standard InChI is InChI=1S/C8H16N2O3/c1-4-13-7(11)5-10(6(2)3)8(9)12/h6H,4-5H2,1-3H3,(H2,9,12). The van der Waals surface area contributed by atoms with Crippen LogP contribution in [0.5, 0.6) is 0 Å². The van der Waals surface area contributed by atoms with Gasteiger partial charge in [-0.05, 0) is 20.8 Å². The number of nitrogens with zero attached hydrogens (tertiary/aromatic N) is 1. The van der Waals surface area contributed by atoms with Crippen molar-refractivity contribution in [2.24, 2.45) is 5.73 Å². The van der Waals surface area contributed by atoms with Crippen LogP contribution >= 0.6 is 0 Å². The number of ether oxygens (including phenoxy) is 1. The molecule has 0 spiro atoms. The van der Waals surface area contributed by atoms with Crippen molar-refractivity contribution in [3.63, 3.8) is 0 Å². The molecule has 0 heterocycles. The van der Waals surface area contributed by atoms with Crippen LogP contribution in [-0.2, 0) is 9.53 Å². The molecule has 2 N–H and O–H groups in total. The second kappa shape index (κ2) is 5.40. The Kier molecular flexibility index (Phi) is 4.87. The number of hydrogen-bond donors (Lipinski definition) is 1. The zero-order chi connectivity index (χ0) is 10.4. The Morgan fingerprint density at radius 1 is 1.46 bits per heavy atom. The first-order valence-electron chi connectivity index (χ1n) is 4.20. The van der Waals surface area contributed by atoms with Crippen LogP contribution in [0, 0.1) is 0 Å². The molecular formula is C8H16N2O3. The molecule has 0 rings (SSSR count). The Bertz CT molecular complexity index is 192. The van der Waals surface area contributed by atoms with E-state index >= 15 is 0 Å². The fraction of sp³-hybridized carbons (Fsp3) is 0.750. The van der Waals surface area contributed by atoms with Gasteiger partial charge in [-0.2, -0.15) is 0 Å². The van der Waals surface area contributed by atoms with E-state index in [1.165, 1.54) is 4.90 Å². The van der Waals surface area contributed by atoms with Gasteiger partial charge in [0.25, 0.3) is 0 Å². The molecule has 5 heteroatoms. The number of hydrogen-bond acceptors (Lipinski definition) is 3. The van der Waals surface area contributed by atoms with Crippen LogP contribution in [0.4, 0.5) is 4.79 Å². The van der Waals surface area contributed by atoms with E-state index in [9.17, 15) is 9.59 Å². The predicted octanol–water partition coefficient (Wildman–Crippen LogP) is 0.339. The van der Waals surface area contributed by atoms with E-state index in [4.69, 9.17) is 5.73 Å². The van der Waals surface area contributed by atoms with E-state index in [1.807, 2.05) is 0 Å². The van der Waals surface area contributed by atoms with Crippen LogP contribution in [0.25, 0.3) is 0 Å². The largest absolute Gasteiger partial charge is 0.465 e. The third-order valence-electron chi connectivity index (χ3n) is 1.51. The summed E-state index contributed by atoms with van der Waals surface area (Å²) < 4.78 is 4.68. The summed E-state index contributed by atoms with van der Waals surface area (Å²) in [4.78, 5) is 23.1. The second-order valence-electron chi connectivity index (χ2n) is 2.86. The van der Waals surface area contributed by atoms with Crippen LogP contribution in [0.1, 0.15) is 20.8 Å². The van der Waals surface area contributed by atoms with E-state index in [2.05, 4.69) is 4.74 Å². The number of urea groups is 1. The minimum absolute atomic E-state index is 0.0825. The third kappa shape index (κ3) is 4.35. The highest BCUT2D eigenvalue weighted by Gasteiger charge is 2.17. The van der Waals surface area contributed by atoms with Crippen molar-refractivity contribution in [3.8, 4) is 0 Å². The SMILES string of the molecule is CCOC(=O)CN(C(N)=O)C(C)C. The number of carbonyl (C=O) groups excluding carboxylic acids is 2. The quantitative estimate of drug-likeness (QED) is 0.646. The average Bonchev–Trinajstić information content (AvgIpc) is 1.99. The van der Waals surface area contributed by atoms with Crippen molar-refractivity contribution in [2.45, 2.75) is 26.8 Å². The molecule has 76 valence electrons. The van der Waals surface area contributed by atoms with Crippen LogP contribution < -0.4 is 5.73 Å². The molecule has 0 aliphatic rings. The van der Waals surface area contributed by atoms with Gasteiger partial charge in [-0.25, -0.2) is 4.79 Å². The molecule has 0 fully saturated rings. The zero-order valence-electron chi connectivity index (χ0n) is 8.24. The highest BCUT2D eigenvalue weighted by molar-refractivity contribution is 5.80. The Balaban J connectivity index is 4.10. The topological polar surface area (TPSA) is 72.6 Å². The monoisotopic (exact) mass is 188 g/mol. The summed E-state index contributed by atoms with van der Waals surface area (Å²) in [5.41, 5.74) is 5.06. The molecule has 0 saturated heterocycles. The number of amides is 2. The minimum Gasteiger partial charge on any atom is -0.465 e. The Labute approximate surface area is 77.8 Å². The summed E-state index contributed by atoms with van der Waals surface area (Å²) in [6.45, 7) is 5.50. The van der Waals surface area contributed by atoms with Crippen LogP contribution in [0.2, 0.25) is 0 Å². The first-order chi connectivity index (χ1) is 5.99. The van der Waals surface area contributed by atoms with Gasteiger partial charge in [-0.15, -0.1) is 0 Å². The second-order valence-corrected chi connectivity index (χ2v) is 2.86. The molecule has 0 aliphatic carbocycles. The average molecular weight is 188 g/mol. The van der Waals surface area contributed by atoms with Crippen molar-refractivity contribution in [1.82, 2.24) is 4.90 Å². The summed E-state index contributed by atoms with van der Waals surface area (Å²) in [6.07, 6.45) is 0. The summed E-state index contributed by atoms with van der Waals surface area (Å²) in [5.74, 6) is -0.435. The molecule has 0 atom stereocenters. The molecule has 0 aliphatic heterocycles. The lowest BCUT2D eigenvalue weighted by Gasteiger charge is -2.23. The fourth-order valence-corrected chi connectivity index (χ4v) is 0.861. The lowest BCUT2D eigenvalue weighted by molar-refractivity contribution is -0.144. The van der Waals surface area contributed by atoms with Crippen LogP contribution in [0.15, 0.2) is 0 Å². The van der Waals surface area contributed by atoms with Crippen LogP contribution in [0.3, 0.4) is 0 Å². The van der Waals surface area contributed by atoms with Crippen molar-refractivity contribution in [3.05, 3.63) is 0 Å². The number of rotatable bonds is 4. The van der Waals surface area contributed by atoms with Gasteiger partial charge >= 0.3 is 12.0 Å². The van der Waals surface area contributed by atoms with Gasteiger partial charge < -0.3 is 15.4 Å². The van der Waals surface area contributed by atoms with Gasteiger partial charge in [0.05, 0.1) is 6.61 Å². The number of esters is 1. The van der Waals surface area contributed by atoms with E-state index in [-0.39, 0.29) is 12.6 Å². The maximum absolute atomic E-state index is 11.0. The van der Waals surface area contributed by atoms with Crippen molar-refractivity contribution in [1.29, 1.82) is 0 Å². The molecule has 0 bridgehead atoms. The highest BCUT2D eigenvalue weighted by atomic mass is 16.5. The van der Waals surface area contributed by atoms with Gasteiger partial charge in [-0.3, -0.25) is 4.79 Å². The van der Waals surface area contributed by atoms with E-state index in [0.717, 1.165) is 0 Å². The Morgan fingerprint density at radius 2 is 2.00 bits per heavy atom. The normalized spacial score (nSPS) is 9.85. The number of primary amides is 1. The zero-order valence-corrected chi connectivity index (χ0v) is 8.24. The van der Waals surface area contributed by atoms with Gasteiger partial charge in [0.15, 0.2) is 0 Å². The van der Waals surface area contributed by atoms with Crippen molar-refractivity contribution >= 4 is 12.0 Å². The summed E-state index contributed by atoms with van der Waals surface area (Å²) in [5, 5.41) is 0. The smallest absolute Gasteiger partial charge is 0.325 e. The third-order valence-corrected chi connectivity index (χ3v) is 1.51. The molecule has 0 aromatic rings. The Hall–Kier alpha value is -1.26. The van der Waals surface area contributed by atoms with Crippen molar-refractivity contribution < 1.29 is 14.3 Å².